The summed E-state index contributed by atoms with van der Waals surface area (Å²) in [5.74, 6) is 0.974. The lowest BCUT2D eigenvalue weighted by Gasteiger charge is -2.08. The molecule has 0 unspecified atom stereocenters. The summed E-state index contributed by atoms with van der Waals surface area (Å²) in [5, 5.41) is 15.2. The number of carbonyl (C=O) groups excluding carboxylic acids is 1. The van der Waals surface area contributed by atoms with Crippen molar-refractivity contribution in [2.24, 2.45) is 5.73 Å². The second kappa shape index (κ2) is 8.75. The number of amides is 1. The van der Waals surface area contributed by atoms with Crippen molar-refractivity contribution in [2.45, 2.75) is 19.3 Å². The van der Waals surface area contributed by atoms with Crippen LogP contribution in [-0.2, 0) is 11.2 Å². The molecule has 2 aromatic rings. The normalized spacial score (nSPS) is 10.3. The minimum atomic E-state index is -0.0507. The summed E-state index contributed by atoms with van der Waals surface area (Å²) < 4.78 is 0. The summed E-state index contributed by atoms with van der Waals surface area (Å²) in [6.07, 6.45) is 3.56. The minimum Gasteiger partial charge on any atom is -0.508 e. The molecular formula is C17H22N4O2. The van der Waals surface area contributed by atoms with Crippen LogP contribution in [0, 0.1) is 0 Å². The van der Waals surface area contributed by atoms with Crippen LogP contribution in [0.3, 0.4) is 0 Å². The Balaban J connectivity index is 1.76. The lowest BCUT2D eigenvalue weighted by atomic mass is 10.1. The van der Waals surface area contributed by atoms with Crippen molar-refractivity contribution < 1.29 is 9.90 Å². The third kappa shape index (κ3) is 5.96. The molecule has 0 saturated heterocycles. The van der Waals surface area contributed by atoms with Gasteiger partial charge in [-0.15, -0.1) is 0 Å². The van der Waals surface area contributed by atoms with Crippen LogP contribution in [0.5, 0.6) is 5.75 Å². The van der Waals surface area contributed by atoms with Crippen LogP contribution in [0.4, 0.5) is 11.5 Å². The SMILES string of the molecule is NCCCC(=O)Nc1ccc(NCCc2ccc(O)cc2)nc1. The molecular weight excluding hydrogens is 292 g/mol. The molecule has 0 fully saturated rings. The molecule has 122 valence electrons. The average Bonchev–Trinajstić information content (AvgIpc) is 2.56. The molecule has 0 aliphatic heterocycles. The van der Waals surface area contributed by atoms with Crippen LogP contribution >= 0.6 is 0 Å². The monoisotopic (exact) mass is 314 g/mol. The molecule has 0 aliphatic carbocycles. The number of phenolic OH excluding ortho intramolecular Hbond substituents is 1. The molecule has 1 heterocycles. The number of phenols is 1. The molecule has 0 spiro atoms. The first-order valence-corrected chi connectivity index (χ1v) is 7.65. The number of aromatic nitrogens is 1. The van der Waals surface area contributed by atoms with Crippen LogP contribution in [0.25, 0.3) is 0 Å². The number of hydrogen-bond donors (Lipinski definition) is 4. The van der Waals surface area contributed by atoms with E-state index in [1.807, 2.05) is 24.3 Å². The first-order valence-electron chi connectivity index (χ1n) is 7.65. The Morgan fingerprint density at radius 3 is 2.61 bits per heavy atom. The van der Waals surface area contributed by atoms with E-state index < -0.39 is 0 Å². The van der Waals surface area contributed by atoms with Gasteiger partial charge in [-0.2, -0.15) is 0 Å². The number of nitrogens with zero attached hydrogens (tertiary/aromatic N) is 1. The number of carbonyl (C=O) groups is 1. The molecule has 0 atom stereocenters. The van der Waals surface area contributed by atoms with Crippen LogP contribution in [0.2, 0.25) is 0 Å². The zero-order chi connectivity index (χ0) is 16.5. The predicted molar refractivity (Wildman–Crippen MR) is 91.5 cm³/mol. The van der Waals surface area contributed by atoms with Gasteiger partial charge in [0.1, 0.15) is 11.6 Å². The topological polar surface area (TPSA) is 100 Å². The predicted octanol–water partition coefficient (Wildman–Crippen LogP) is 2.12. The van der Waals surface area contributed by atoms with E-state index in [9.17, 15) is 9.90 Å². The van der Waals surface area contributed by atoms with Gasteiger partial charge in [-0.25, -0.2) is 4.98 Å². The molecule has 0 bridgehead atoms. The Morgan fingerprint density at radius 1 is 1.17 bits per heavy atom. The van der Waals surface area contributed by atoms with Crippen molar-refractivity contribution in [1.29, 1.82) is 0 Å². The van der Waals surface area contributed by atoms with Crippen molar-refractivity contribution in [2.75, 3.05) is 23.7 Å². The molecule has 6 heteroatoms. The van der Waals surface area contributed by atoms with E-state index in [2.05, 4.69) is 15.6 Å². The highest BCUT2D eigenvalue weighted by Gasteiger charge is 2.02. The summed E-state index contributed by atoms with van der Waals surface area (Å²) in [4.78, 5) is 15.8. The first kappa shape index (κ1) is 16.8. The number of pyridine rings is 1. The van der Waals surface area contributed by atoms with Crippen LogP contribution in [-0.4, -0.2) is 29.1 Å². The van der Waals surface area contributed by atoms with Gasteiger partial charge in [0.05, 0.1) is 11.9 Å². The maximum Gasteiger partial charge on any atom is 0.224 e. The average molecular weight is 314 g/mol. The third-order valence-corrected chi connectivity index (χ3v) is 3.31. The summed E-state index contributed by atoms with van der Waals surface area (Å²) >= 11 is 0. The van der Waals surface area contributed by atoms with Crippen molar-refractivity contribution in [3.8, 4) is 5.75 Å². The van der Waals surface area contributed by atoms with Gasteiger partial charge in [0.15, 0.2) is 0 Å². The third-order valence-electron chi connectivity index (χ3n) is 3.31. The van der Waals surface area contributed by atoms with E-state index in [1.165, 1.54) is 0 Å². The van der Waals surface area contributed by atoms with Crippen molar-refractivity contribution in [3.63, 3.8) is 0 Å². The maximum absolute atomic E-state index is 11.6. The molecule has 1 amide bonds. The van der Waals surface area contributed by atoms with E-state index in [0.717, 1.165) is 24.3 Å². The summed E-state index contributed by atoms with van der Waals surface area (Å²) in [7, 11) is 0. The van der Waals surface area contributed by atoms with Crippen molar-refractivity contribution in [3.05, 3.63) is 48.2 Å². The highest BCUT2D eigenvalue weighted by atomic mass is 16.3. The number of hydrogen-bond acceptors (Lipinski definition) is 5. The molecule has 23 heavy (non-hydrogen) atoms. The molecule has 1 aromatic heterocycles. The second-order valence-electron chi connectivity index (χ2n) is 5.22. The lowest BCUT2D eigenvalue weighted by molar-refractivity contribution is -0.116. The fourth-order valence-electron chi connectivity index (χ4n) is 2.06. The number of rotatable bonds is 8. The highest BCUT2D eigenvalue weighted by Crippen LogP contribution is 2.12. The summed E-state index contributed by atoms with van der Waals surface area (Å²) in [6, 6.07) is 10.8. The van der Waals surface area contributed by atoms with Crippen molar-refractivity contribution >= 4 is 17.4 Å². The molecule has 0 aliphatic rings. The van der Waals surface area contributed by atoms with Gasteiger partial charge < -0.3 is 21.5 Å². The number of benzene rings is 1. The van der Waals surface area contributed by atoms with Gasteiger partial charge in [0, 0.05) is 13.0 Å². The number of aromatic hydroxyl groups is 1. The highest BCUT2D eigenvalue weighted by molar-refractivity contribution is 5.90. The zero-order valence-electron chi connectivity index (χ0n) is 13.0. The van der Waals surface area contributed by atoms with Crippen LogP contribution in [0.15, 0.2) is 42.6 Å². The van der Waals surface area contributed by atoms with Crippen LogP contribution < -0.4 is 16.4 Å². The number of nitrogens with two attached hydrogens (primary N) is 1. The summed E-state index contributed by atoms with van der Waals surface area (Å²) in [6.45, 7) is 1.25. The second-order valence-corrected chi connectivity index (χ2v) is 5.22. The smallest absolute Gasteiger partial charge is 0.224 e. The lowest BCUT2D eigenvalue weighted by Crippen LogP contribution is -2.13. The first-order chi connectivity index (χ1) is 11.2. The fraction of sp³-hybridized carbons (Fsp3) is 0.294. The minimum absolute atomic E-state index is 0.0507. The van der Waals surface area contributed by atoms with Gasteiger partial charge >= 0.3 is 0 Å². The number of anilines is 2. The van der Waals surface area contributed by atoms with Gasteiger partial charge in [0.2, 0.25) is 5.91 Å². The zero-order valence-corrected chi connectivity index (χ0v) is 13.0. The maximum atomic E-state index is 11.6. The quantitative estimate of drug-likeness (QED) is 0.598. The molecule has 0 radical (unpaired) electrons. The molecule has 5 N–H and O–H groups in total. The Bertz CT molecular complexity index is 611. The molecule has 0 saturated carbocycles. The molecule has 6 nitrogen and oxygen atoms in total. The fourth-order valence-corrected chi connectivity index (χ4v) is 2.06. The van der Waals surface area contributed by atoms with E-state index in [-0.39, 0.29) is 11.7 Å². The van der Waals surface area contributed by atoms with Crippen molar-refractivity contribution in [1.82, 2.24) is 4.98 Å². The Kier molecular flexibility index (Phi) is 6.38. The van der Waals surface area contributed by atoms with E-state index in [1.54, 1.807) is 18.3 Å². The molecule has 2 rings (SSSR count). The van der Waals surface area contributed by atoms with Gasteiger partial charge in [-0.3, -0.25) is 4.79 Å². The van der Waals surface area contributed by atoms with Gasteiger partial charge in [0.25, 0.3) is 0 Å². The molecule has 1 aromatic carbocycles. The Labute approximate surface area is 135 Å². The Morgan fingerprint density at radius 2 is 1.96 bits per heavy atom. The van der Waals surface area contributed by atoms with Crippen LogP contribution in [0.1, 0.15) is 18.4 Å². The standard InChI is InChI=1S/C17H22N4O2/c18-10-1-2-17(23)21-14-5-8-16(20-12-14)19-11-9-13-3-6-15(22)7-4-13/h3-8,12,22H,1-2,9-11,18H2,(H,19,20)(H,21,23). The summed E-state index contributed by atoms with van der Waals surface area (Å²) in [5.41, 5.74) is 7.19. The number of nitrogens with one attached hydrogen (secondary N) is 2. The van der Waals surface area contributed by atoms with Gasteiger partial charge in [-0.1, -0.05) is 12.1 Å². The van der Waals surface area contributed by atoms with E-state index >= 15 is 0 Å². The van der Waals surface area contributed by atoms with E-state index in [0.29, 0.717) is 25.1 Å². The largest absolute Gasteiger partial charge is 0.508 e. The Hall–Kier alpha value is -2.60. The van der Waals surface area contributed by atoms with E-state index in [4.69, 9.17) is 5.73 Å². The van der Waals surface area contributed by atoms with Gasteiger partial charge in [-0.05, 0) is 49.2 Å².